The highest BCUT2D eigenvalue weighted by Crippen LogP contribution is 2.26. The molecule has 1 fully saturated rings. The van der Waals surface area contributed by atoms with E-state index in [1.807, 2.05) is 69.2 Å². The first-order chi connectivity index (χ1) is 45.0. The maximum absolute atomic E-state index is 15.5. The zero-order valence-electron chi connectivity index (χ0n) is 62.7. The van der Waals surface area contributed by atoms with Gasteiger partial charge in [-0.2, -0.15) is 0 Å². The van der Waals surface area contributed by atoms with E-state index in [0.717, 1.165) is 14.7 Å². The number of alkyl carbamates (subject to hydrolysis) is 1. The zero-order chi connectivity index (χ0) is 74.8. The molecule has 13 atom stereocenters. The van der Waals surface area contributed by atoms with Crippen molar-refractivity contribution in [3.63, 3.8) is 0 Å². The summed E-state index contributed by atoms with van der Waals surface area (Å²) in [5.41, 5.74) is 5.39. The van der Waals surface area contributed by atoms with Gasteiger partial charge < -0.3 is 80.6 Å². The Bertz CT molecular complexity index is 2640. The summed E-state index contributed by atoms with van der Waals surface area (Å²) >= 11 is 0. The number of aliphatic hydroxyl groups excluding tert-OH is 1. The Morgan fingerprint density at radius 2 is 0.918 bits per heavy atom. The van der Waals surface area contributed by atoms with Gasteiger partial charge in [-0.1, -0.05) is 102 Å². The molecule has 1 saturated heterocycles. The Morgan fingerprint density at radius 1 is 0.515 bits per heavy atom. The smallest absolute Gasteiger partial charge is 0.409 e. The molecule has 1 aliphatic heterocycles. The van der Waals surface area contributed by atoms with Crippen LogP contribution in [0.25, 0.3) is 0 Å². The molecule has 29 heteroatoms. The van der Waals surface area contributed by atoms with Crippen molar-refractivity contribution >= 4 is 71.1 Å². The zero-order valence-corrected chi connectivity index (χ0v) is 62.7. The van der Waals surface area contributed by atoms with Crippen LogP contribution in [0.15, 0.2) is 12.2 Å². The first-order valence-electron chi connectivity index (χ1n) is 34.2. The summed E-state index contributed by atoms with van der Waals surface area (Å²) in [4.78, 5) is 185. The van der Waals surface area contributed by atoms with E-state index in [0.29, 0.717) is 0 Å². The highest BCUT2D eigenvalue weighted by atomic mass is 16.6. The van der Waals surface area contributed by atoms with Gasteiger partial charge in [-0.3, -0.25) is 58.1 Å². The Balaban J connectivity index is 4.56. The summed E-state index contributed by atoms with van der Waals surface area (Å²) in [5.74, 6) is -10.9. The van der Waals surface area contributed by atoms with Crippen molar-refractivity contribution < 1.29 is 76.9 Å². The van der Waals surface area contributed by atoms with Crippen LogP contribution in [0.1, 0.15) is 156 Å². The lowest BCUT2D eigenvalue weighted by molar-refractivity contribution is -0.157. The number of allylic oxidation sites excluding steroid dienone is 2. The topological polar surface area (TPSA) is 362 Å². The third kappa shape index (κ3) is 27.3. The molecule has 0 saturated carbocycles. The molecule has 1 rings (SSSR count). The number of nitrogens with one attached hydrogen (secondary N) is 5. The van der Waals surface area contributed by atoms with Crippen LogP contribution in [0, 0.1) is 41.4 Å². The molecule has 1 aliphatic rings. The Labute approximate surface area is 577 Å². The molecule has 0 aromatic heterocycles. The van der Waals surface area contributed by atoms with Crippen LogP contribution in [0.4, 0.5) is 4.79 Å². The van der Waals surface area contributed by atoms with Crippen LogP contribution in [-0.4, -0.2) is 266 Å². The van der Waals surface area contributed by atoms with Crippen molar-refractivity contribution in [2.75, 3.05) is 82.6 Å². The number of ether oxygens (including phenoxy) is 3. The number of nitrogens with two attached hydrogens (primary N) is 1. The maximum Gasteiger partial charge on any atom is 0.409 e. The lowest BCUT2D eigenvalue weighted by Crippen LogP contribution is -2.64. The predicted octanol–water partition coefficient (Wildman–Crippen LogP) is 2.27. The number of carbonyl (C=O) groups excluding carboxylic acids is 12. The summed E-state index contributed by atoms with van der Waals surface area (Å²) < 4.78 is 16.1. The van der Waals surface area contributed by atoms with E-state index < -0.39 is 162 Å². The van der Waals surface area contributed by atoms with Gasteiger partial charge in [0.2, 0.25) is 65.0 Å². The first-order valence-corrected chi connectivity index (χ1v) is 34.2. The van der Waals surface area contributed by atoms with Crippen LogP contribution < -0.4 is 32.3 Å². The lowest BCUT2D eigenvalue weighted by Gasteiger charge is -2.41. The molecule has 1 heterocycles. The molecule has 12 amide bonds. The summed E-state index contributed by atoms with van der Waals surface area (Å²) in [6.45, 7) is 28.3. The van der Waals surface area contributed by atoms with Gasteiger partial charge in [0.15, 0.2) is 0 Å². The number of carbonyl (C=O) groups is 12. The minimum atomic E-state index is -1.86. The summed E-state index contributed by atoms with van der Waals surface area (Å²) in [6.07, 6.45) is -0.224. The number of nitrogens with zero attached hydrogens (tertiary/aromatic N) is 7. The molecule has 0 bridgehead atoms. The Hall–Kier alpha value is -6.98. The maximum atomic E-state index is 15.5. The van der Waals surface area contributed by atoms with Gasteiger partial charge in [-0.05, 0) is 108 Å². The predicted molar refractivity (Wildman–Crippen MR) is 368 cm³/mol. The van der Waals surface area contributed by atoms with Gasteiger partial charge in [-0.25, -0.2) is 4.79 Å². The van der Waals surface area contributed by atoms with Gasteiger partial charge in [-0.15, -0.1) is 0 Å². The van der Waals surface area contributed by atoms with Crippen LogP contribution in [0.5, 0.6) is 0 Å². The van der Waals surface area contributed by atoms with Crippen molar-refractivity contribution in [1.82, 2.24) is 60.9 Å². The second-order valence-corrected chi connectivity index (χ2v) is 28.5. The van der Waals surface area contributed by atoms with Crippen molar-refractivity contribution in [3.8, 4) is 0 Å². The largest absolute Gasteiger partial charge is 0.444 e. The molecular formula is C68H123N13O16. The number of rotatable bonds is 23. The van der Waals surface area contributed by atoms with Gasteiger partial charge in [0, 0.05) is 49.3 Å². The average molecular weight is 1380 g/mol. The number of aliphatic hydroxyl groups is 1. The van der Waals surface area contributed by atoms with E-state index in [9.17, 15) is 38.7 Å². The van der Waals surface area contributed by atoms with E-state index >= 15 is 24.0 Å². The van der Waals surface area contributed by atoms with Gasteiger partial charge in [0.1, 0.15) is 73.3 Å². The summed E-state index contributed by atoms with van der Waals surface area (Å²) in [5, 5.41) is 25.6. The van der Waals surface area contributed by atoms with Crippen LogP contribution in [-0.2, 0) is 67.0 Å². The highest BCUT2D eigenvalue weighted by Gasteiger charge is 2.46. The minimum absolute atomic E-state index is 0.0129. The third-order valence-electron chi connectivity index (χ3n) is 17.3. The summed E-state index contributed by atoms with van der Waals surface area (Å²) in [6, 6.07) is -13.7. The molecule has 97 heavy (non-hydrogen) atoms. The van der Waals surface area contributed by atoms with E-state index in [1.54, 1.807) is 39.8 Å². The quantitative estimate of drug-likeness (QED) is 0.0438. The second-order valence-electron chi connectivity index (χ2n) is 28.5. The average Bonchev–Trinajstić information content (AvgIpc) is 0.819. The molecule has 8 N–H and O–H groups in total. The van der Waals surface area contributed by atoms with Gasteiger partial charge in [0.05, 0.1) is 32.6 Å². The molecule has 0 aliphatic carbocycles. The van der Waals surface area contributed by atoms with E-state index in [4.69, 9.17) is 19.9 Å². The van der Waals surface area contributed by atoms with Crippen LogP contribution in [0.2, 0.25) is 0 Å². The normalized spacial score (nSPS) is 25.3. The fourth-order valence-corrected chi connectivity index (χ4v) is 11.4. The van der Waals surface area contributed by atoms with Crippen molar-refractivity contribution in [1.29, 1.82) is 0 Å². The first kappa shape index (κ1) is 88.0. The van der Waals surface area contributed by atoms with E-state index in [1.165, 1.54) is 89.7 Å². The van der Waals surface area contributed by atoms with Crippen LogP contribution >= 0.6 is 0 Å². The lowest BCUT2D eigenvalue weighted by atomic mass is 9.91. The number of likely N-dealkylation sites (N-methyl/N-ethyl adjacent to an activating group) is 7. The Kier molecular flexibility index (Phi) is 38.2. The van der Waals surface area contributed by atoms with Crippen molar-refractivity contribution in [2.24, 2.45) is 47.2 Å². The molecule has 29 nitrogen and oxygen atoms in total. The highest BCUT2D eigenvalue weighted by molar-refractivity contribution is 5.99. The SMILES string of the molecule is C/C=C/CC(C)C(O)C1C(=O)NC(C(C)OC(=O)NCOCCOCN)C(=O)N(C)CC(=O)N(C)C(CC(C)C)C(=O)NC(C(C)C)C(=O)N(C)C(CC(C)C)C(=O)NC(C)C(=O)NC(C)C(=O)N(C)C(CC(C)C)C(=O)N(C)C(CC(C)C)C(=O)N(C)C(CC(C)C)C(=O)N1C. The van der Waals surface area contributed by atoms with E-state index in [-0.39, 0.29) is 94.8 Å². The van der Waals surface area contributed by atoms with E-state index in [2.05, 4.69) is 26.6 Å². The standard InChI is InChI=1S/C68H123N13O16/c1-25-26-27-44(14)57(83)56-61(87)74-55(47(17)97-68(94)70-37-96-29-28-95-36-69)66(92)75(18)35-53(82)76(19)48(30-38(2)3)60(86)73-54(43(12)13)67(93)77(20)49(31-39(4)5)59(85)71-45(15)58(84)72-46(16)62(88)78(21)50(32-40(6)7)63(89)79(22)51(33-41(8)9)64(90)80(23)52(34-42(10)11)65(91)81(56)24/h25-26,38-52,54-57,83H,27-37,69H2,1-24H3,(H,70,94)(H,71,85)(H,72,84)(H,73,86)(H,74,87)/b26-25+. The Morgan fingerprint density at radius 3 is 1.37 bits per heavy atom. The summed E-state index contributed by atoms with van der Waals surface area (Å²) in [7, 11) is 9.54. The van der Waals surface area contributed by atoms with Crippen LogP contribution in [0.3, 0.4) is 0 Å². The second kappa shape index (κ2) is 42.1. The van der Waals surface area contributed by atoms with Crippen molar-refractivity contribution in [3.05, 3.63) is 12.2 Å². The minimum Gasteiger partial charge on any atom is -0.444 e. The number of hydrogen-bond donors (Lipinski definition) is 7. The van der Waals surface area contributed by atoms with Gasteiger partial charge in [0.25, 0.3) is 0 Å². The molecule has 13 unspecified atom stereocenters. The molecule has 0 aromatic rings. The molecule has 0 spiro atoms. The number of hydrogen-bond acceptors (Lipinski definition) is 17. The molecule has 0 radical (unpaired) electrons. The third-order valence-corrected chi connectivity index (χ3v) is 17.3. The fourth-order valence-electron chi connectivity index (χ4n) is 11.4. The molecule has 556 valence electrons. The fraction of sp³-hybridized carbons (Fsp3) is 0.794. The van der Waals surface area contributed by atoms with Crippen molar-refractivity contribution in [2.45, 2.75) is 229 Å². The molecule has 0 aromatic carbocycles. The number of amides is 12. The molecular weight excluding hydrogens is 1250 g/mol. The van der Waals surface area contributed by atoms with Gasteiger partial charge >= 0.3 is 6.09 Å². The monoisotopic (exact) mass is 1380 g/mol.